The van der Waals surface area contributed by atoms with Gasteiger partial charge in [0.1, 0.15) is 23.5 Å². The molecule has 0 spiro atoms. The van der Waals surface area contributed by atoms with Crippen LogP contribution in [0.2, 0.25) is 0 Å². The van der Waals surface area contributed by atoms with Crippen LogP contribution >= 0.6 is 0 Å². The Bertz CT molecular complexity index is 1290. The second-order valence-corrected chi connectivity index (χ2v) is 10.5. The van der Waals surface area contributed by atoms with Gasteiger partial charge in [-0.1, -0.05) is 18.2 Å². The number of sulfonamides is 1. The van der Waals surface area contributed by atoms with Crippen molar-refractivity contribution in [1.29, 1.82) is 10.8 Å². The fourth-order valence-electron chi connectivity index (χ4n) is 3.94. The van der Waals surface area contributed by atoms with E-state index in [1.165, 1.54) is 24.3 Å². The summed E-state index contributed by atoms with van der Waals surface area (Å²) >= 11 is 0. The van der Waals surface area contributed by atoms with Crippen molar-refractivity contribution in [3.05, 3.63) is 65.5 Å². The van der Waals surface area contributed by atoms with Gasteiger partial charge in [-0.15, -0.1) is 0 Å². The van der Waals surface area contributed by atoms with Gasteiger partial charge in [-0.05, 0) is 48.9 Å². The molecule has 2 aromatic rings. The van der Waals surface area contributed by atoms with Crippen molar-refractivity contribution in [2.24, 2.45) is 5.73 Å². The Morgan fingerprint density at radius 1 is 1.22 bits per heavy atom. The topological polar surface area (TPSA) is 161 Å². The zero-order chi connectivity index (χ0) is 27.2. The number of likely N-dealkylation sites (tertiary alicyclic amines) is 1. The second kappa shape index (κ2) is 11.9. The Kier molecular flexibility index (Phi) is 8.87. The number of ether oxygens (including phenoxy) is 1. The largest absolute Gasteiger partial charge is 0.490 e. The SMILES string of the molecule is CC(=N)N1CCC(Oc2ccc(N(CC=Cc3ccc(F)c(C(=N)N)c3)S(=O)(=O)CC(=O)O)cc2)CC1. The maximum absolute atomic E-state index is 13.8. The molecule has 5 N–H and O–H groups in total. The van der Waals surface area contributed by atoms with Gasteiger partial charge in [-0.3, -0.25) is 19.9 Å². The molecule has 0 bridgehead atoms. The lowest BCUT2D eigenvalue weighted by molar-refractivity contribution is -0.134. The molecule has 198 valence electrons. The minimum atomic E-state index is -4.21. The van der Waals surface area contributed by atoms with Crippen LogP contribution in [-0.2, 0) is 14.8 Å². The van der Waals surface area contributed by atoms with Crippen molar-refractivity contribution in [2.75, 3.05) is 29.7 Å². The number of amidine groups is 2. The number of nitrogens with zero attached hydrogens (tertiary/aromatic N) is 2. The van der Waals surface area contributed by atoms with Crippen LogP contribution in [0.3, 0.4) is 0 Å². The molecule has 2 aromatic carbocycles. The number of carboxylic acids is 1. The van der Waals surface area contributed by atoms with Crippen LogP contribution in [0.15, 0.2) is 48.5 Å². The summed E-state index contributed by atoms with van der Waals surface area (Å²) in [5.74, 6) is -2.56. The number of aliphatic carboxylic acids is 1. The molecule has 0 saturated carbocycles. The van der Waals surface area contributed by atoms with Crippen LogP contribution < -0.4 is 14.8 Å². The summed E-state index contributed by atoms with van der Waals surface area (Å²) in [6.45, 7) is 3.04. The number of carbonyl (C=O) groups is 1. The molecular formula is C25H30FN5O5S. The first-order valence-corrected chi connectivity index (χ1v) is 13.2. The van der Waals surface area contributed by atoms with E-state index in [0.717, 1.165) is 36.3 Å². The molecule has 0 amide bonds. The summed E-state index contributed by atoms with van der Waals surface area (Å²) in [5, 5.41) is 24.3. The van der Waals surface area contributed by atoms with E-state index >= 15 is 0 Å². The van der Waals surface area contributed by atoms with Crippen molar-refractivity contribution in [2.45, 2.75) is 25.9 Å². The molecule has 1 saturated heterocycles. The Morgan fingerprint density at radius 2 is 1.86 bits per heavy atom. The highest BCUT2D eigenvalue weighted by atomic mass is 32.2. The first-order valence-electron chi connectivity index (χ1n) is 11.6. The first-order chi connectivity index (χ1) is 17.5. The molecule has 10 nitrogen and oxygen atoms in total. The third-order valence-electron chi connectivity index (χ3n) is 5.85. The molecule has 1 aliphatic heterocycles. The summed E-state index contributed by atoms with van der Waals surface area (Å²) in [4.78, 5) is 13.2. The average Bonchev–Trinajstić information content (AvgIpc) is 2.82. The smallest absolute Gasteiger partial charge is 0.320 e. The third-order valence-corrected chi connectivity index (χ3v) is 7.49. The Balaban J connectivity index is 1.76. The van der Waals surface area contributed by atoms with E-state index in [2.05, 4.69) is 0 Å². The van der Waals surface area contributed by atoms with E-state index in [-0.39, 0.29) is 23.9 Å². The molecule has 1 aliphatic rings. The Labute approximate surface area is 215 Å². The molecule has 3 rings (SSSR count). The summed E-state index contributed by atoms with van der Waals surface area (Å²) < 4.78 is 46.4. The average molecular weight is 532 g/mol. The molecule has 12 heteroatoms. The highest BCUT2D eigenvalue weighted by Crippen LogP contribution is 2.25. The minimum Gasteiger partial charge on any atom is -0.490 e. The van der Waals surface area contributed by atoms with Gasteiger partial charge < -0.3 is 20.5 Å². The van der Waals surface area contributed by atoms with Crippen LogP contribution in [0, 0.1) is 16.6 Å². The first kappa shape index (κ1) is 27.7. The summed E-state index contributed by atoms with van der Waals surface area (Å²) in [6.07, 6.45) is 4.54. The minimum absolute atomic E-state index is 0.0215. The molecule has 1 fully saturated rings. The standard InChI is InChI=1S/C25H30FN5O5S/c1-17(27)30-13-10-21(11-14-30)36-20-7-5-19(6-8-20)31(37(34,35)16-24(32)33)12-2-3-18-4-9-23(26)22(15-18)25(28)29/h2-9,15,21,27H,10-14,16H2,1H3,(H3,28,29)(H,32,33). The van der Waals surface area contributed by atoms with Gasteiger partial charge in [0.2, 0.25) is 10.0 Å². The summed E-state index contributed by atoms with van der Waals surface area (Å²) in [7, 11) is -4.21. The molecule has 0 radical (unpaired) electrons. The van der Waals surface area contributed by atoms with Crippen molar-refractivity contribution in [1.82, 2.24) is 4.90 Å². The monoisotopic (exact) mass is 531 g/mol. The van der Waals surface area contributed by atoms with Gasteiger partial charge in [0, 0.05) is 25.9 Å². The zero-order valence-electron chi connectivity index (χ0n) is 20.4. The van der Waals surface area contributed by atoms with Gasteiger partial charge in [-0.25, -0.2) is 12.8 Å². The molecule has 0 aromatic heterocycles. The Morgan fingerprint density at radius 3 is 2.43 bits per heavy atom. The number of carboxylic acid groups (broad SMARTS) is 1. The molecule has 1 heterocycles. The molecule has 0 aliphatic carbocycles. The lowest BCUT2D eigenvalue weighted by Crippen LogP contribution is -2.40. The van der Waals surface area contributed by atoms with Crippen LogP contribution in [0.5, 0.6) is 5.75 Å². The quantitative estimate of drug-likeness (QED) is 0.271. The number of nitrogen functional groups attached to an aromatic ring is 1. The normalized spacial score (nSPS) is 14.5. The Hall–Kier alpha value is -3.93. The fourth-order valence-corrected chi connectivity index (χ4v) is 5.17. The second-order valence-electron chi connectivity index (χ2n) is 8.62. The number of anilines is 1. The van der Waals surface area contributed by atoms with Gasteiger partial charge in [0.05, 0.1) is 23.6 Å². The molecular weight excluding hydrogens is 501 g/mol. The third kappa shape index (κ3) is 7.53. The van der Waals surface area contributed by atoms with Gasteiger partial charge in [0.25, 0.3) is 0 Å². The lowest BCUT2D eigenvalue weighted by Gasteiger charge is -2.32. The number of hydrogen-bond acceptors (Lipinski definition) is 6. The van der Waals surface area contributed by atoms with E-state index in [1.54, 1.807) is 31.2 Å². The number of halogens is 1. The van der Waals surface area contributed by atoms with Crippen LogP contribution in [0.4, 0.5) is 10.1 Å². The number of hydrogen-bond donors (Lipinski definition) is 4. The van der Waals surface area contributed by atoms with Gasteiger partial charge >= 0.3 is 5.97 Å². The van der Waals surface area contributed by atoms with Crippen LogP contribution in [-0.4, -0.2) is 67.6 Å². The van der Waals surface area contributed by atoms with E-state index in [4.69, 9.17) is 26.4 Å². The number of nitrogens with one attached hydrogen (secondary N) is 2. The van der Waals surface area contributed by atoms with Crippen molar-refractivity contribution < 1.29 is 27.4 Å². The highest BCUT2D eigenvalue weighted by Gasteiger charge is 2.25. The predicted molar refractivity (Wildman–Crippen MR) is 140 cm³/mol. The maximum atomic E-state index is 13.8. The van der Waals surface area contributed by atoms with Crippen LogP contribution in [0.1, 0.15) is 30.9 Å². The fraction of sp³-hybridized carbons (Fsp3) is 0.320. The number of rotatable bonds is 10. The number of nitrogens with two attached hydrogens (primary N) is 1. The van der Waals surface area contributed by atoms with E-state index in [1.807, 2.05) is 4.90 Å². The number of benzene rings is 2. The van der Waals surface area contributed by atoms with Crippen LogP contribution in [0.25, 0.3) is 6.08 Å². The lowest BCUT2D eigenvalue weighted by atomic mass is 10.1. The van der Waals surface area contributed by atoms with Crippen molar-refractivity contribution in [3.8, 4) is 5.75 Å². The van der Waals surface area contributed by atoms with Gasteiger partial charge in [0.15, 0.2) is 5.75 Å². The zero-order valence-corrected chi connectivity index (χ0v) is 21.2. The van der Waals surface area contributed by atoms with E-state index in [0.29, 0.717) is 17.1 Å². The molecule has 37 heavy (non-hydrogen) atoms. The highest BCUT2D eigenvalue weighted by molar-refractivity contribution is 7.93. The van der Waals surface area contributed by atoms with Crippen molar-refractivity contribution >= 4 is 39.4 Å². The van der Waals surface area contributed by atoms with Gasteiger partial charge in [-0.2, -0.15) is 0 Å². The summed E-state index contributed by atoms with van der Waals surface area (Å²) in [5.41, 5.74) is 6.06. The summed E-state index contributed by atoms with van der Waals surface area (Å²) in [6, 6.07) is 10.3. The van der Waals surface area contributed by atoms with E-state index in [9.17, 15) is 17.6 Å². The molecule has 0 unspecified atom stereocenters. The predicted octanol–water partition coefficient (Wildman–Crippen LogP) is 2.88. The number of piperidine rings is 1. The maximum Gasteiger partial charge on any atom is 0.320 e. The van der Waals surface area contributed by atoms with Crippen molar-refractivity contribution in [3.63, 3.8) is 0 Å². The van der Waals surface area contributed by atoms with E-state index < -0.39 is 33.4 Å². The molecule has 0 atom stereocenters.